The molecule has 0 aromatic heterocycles. The molecule has 0 rings (SSSR count). The minimum Gasteiger partial charge on any atom is -0.395 e. The number of rotatable bonds is 9. The minimum atomic E-state index is 0.157. The third-order valence-corrected chi connectivity index (χ3v) is 1.91. The summed E-state index contributed by atoms with van der Waals surface area (Å²) in [5, 5.41) is 17.4. The first kappa shape index (κ1) is 12.8. The van der Waals surface area contributed by atoms with Crippen molar-refractivity contribution in [3.8, 4) is 0 Å². The molecule has 0 fully saturated rings. The number of aliphatic hydroxyl groups excluding tert-OH is 2. The van der Waals surface area contributed by atoms with E-state index in [0.717, 1.165) is 26.0 Å². The van der Waals surface area contributed by atoms with E-state index in [-0.39, 0.29) is 13.2 Å². The molecule has 0 aromatic carbocycles. The van der Waals surface area contributed by atoms with Crippen molar-refractivity contribution >= 4 is 0 Å². The van der Waals surface area contributed by atoms with Gasteiger partial charge in [0.2, 0.25) is 0 Å². The fourth-order valence-corrected chi connectivity index (χ4v) is 1.20. The number of ether oxygens (including phenoxy) is 1. The lowest BCUT2D eigenvalue weighted by Gasteiger charge is -2.19. The van der Waals surface area contributed by atoms with Crippen LogP contribution in [0.15, 0.2) is 0 Å². The Bertz CT molecular complexity index is 94.9. The van der Waals surface area contributed by atoms with Crippen molar-refractivity contribution in [1.82, 2.24) is 4.90 Å². The molecule has 0 amide bonds. The van der Waals surface area contributed by atoms with Crippen molar-refractivity contribution in [2.75, 3.05) is 46.6 Å². The van der Waals surface area contributed by atoms with Crippen molar-refractivity contribution in [1.29, 1.82) is 0 Å². The van der Waals surface area contributed by atoms with E-state index in [1.54, 1.807) is 7.11 Å². The first-order valence-electron chi connectivity index (χ1n) is 4.78. The molecule has 2 N–H and O–H groups in total. The molecule has 4 nitrogen and oxygen atoms in total. The summed E-state index contributed by atoms with van der Waals surface area (Å²) in [5.74, 6) is 0. The van der Waals surface area contributed by atoms with Gasteiger partial charge in [0.1, 0.15) is 0 Å². The quantitative estimate of drug-likeness (QED) is 0.491. The van der Waals surface area contributed by atoms with Crippen molar-refractivity contribution in [2.45, 2.75) is 12.8 Å². The molecule has 0 saturated carbocycles. The molecule has 0 atom stereocenters. The van der Waals surface area contributed by atoms with Gasteiger partial charge in [-0.3, -0.25) is 4.90 Å². The SMILES string of the molecule is COCCCCN(CCO)CCO. The van der Waals surface area contributed by atoms with Gasteiger partial charge < -0.3 is 14.9 Å². The molecule has 0 heterocycles. The highest BCUT2D eigenvalue weighted by atomic mass is 16.5. The smallest absolute Gasteiger partial charge is 0.0558 e. The average molecular weight is 191 g/mol. The van der Waals surface area contributed by atoms with Gasteiger partial charge in [0, 0.05) is 26.8 Å². The Morgan fingerprint density at radius 2 is 1.62 bits per heavy atom. The topological polar surface area (TPSA) is 52.9 Å². The number of nitrogens with zero attached hydrogens (tertiary/aromatic N) is 1. The van der Waals surface area contributed by atoms with Crippen LogP contribution in [0.4, 0.5) is 0 Å². The molecular formula is C9H21NO3. The van der Waals surface area contributed by atoms with Crippen LogP contribution in [-0.4, -0.2) is 61.7 Å². The summed E-state index contributed by atoms with van der Waals surface area (Å²) in [5.41, 5.74) is 0. The van der Waals surface area contributed by atoms with Crippen molar-refractivity contribution < 1.29 is 14.9 Å². The van der Waals surface area contributed by atoms with Crippen LogP contribution in [0.5, 0.6) is 0 Å². The molecule has 4 heteroatoms. The Morgan fingerprint density at radius 1 is 1.00 bits per heavy atom. The second-order valence-corrected chi connectivity index (χ2v) is 2.99. The summed E-state index contributed by atoms with van der Waals surface area (Å²) >= 11 is 0. The van der Waals surface area contributed by atoms with E-state index in [1.165, 1.54) is 0 Å². The van der Waals surface area contributed by atoms with Gasteiger partial charge in [-0.1, -0.05) is 0 Å². The van der Waals surface area contributed by atoms with Crippen LogP contribution in [0, 0.1) is 0 Å². The zero-order valence-corrected chi connectivity index (χ0v) is 8.41. The Morgan fingerprint density at radius 3 is 2.08 bits per heavy atom. The Kier molecular flexibility index (Phi) is 9.80. The van der Waals surface area contributed by atoms with Crippen molar-refractivity contribution in [3.63, 3.8) is 0 Å². The maximum absolute atomic E-state index is 8.72. The minimum absolute atomic E-state index is 0.157. The van der Waals surface area contributed by atoms with Crippen LogP contribution in [0.2, 0.25) is 0 Å². The second kappa shape index (κ2) is 9.92. The molecule has 0 unspecified atom stereocenters. The third kappa shape index (κ3) is 8.18. The number of hydrogen-bond donors (Lipinski definition) is 2. The van der Waals surface area contributed by atoms with Gasteiger partial charge in [0.05, 0.1) is 13.2 Å². The first-order valence-corrected chi connectivity index (χ1v) is 4.78. The number of methoxy groups -OCH3 is 1. The lowest BCUT2D eigenvalue weighted by Crippen LogP contribution is -2.30. The lowest BCUT2D eigenvalue weighted by atomic mass is 10.3. The summed E-state index contributed by atoms with van der Waals surface area (Å²) < 4.78 is 4.93. The predicted molar refractivity (Wildman–Crippen MR) is 51.7 cm³/mol. The van der Waals surface area contributed by atoms with Gasteiger partial charge in [0.15, 0.2) is 0 Å². The Labute approximate surface area is 80.1 Å². The van der Waals surface area contributed by atoms with Gasteiger partial charge in [-0.25, -0.2) is 0 Å². The molecule has 0 radical (unpaired) electrons. The number of unbranched alkanes of at least 4 members (excludes halogenated alkanes) is 1. The van der Waals surface area contributed by atoms with E-state index in [9.17, 15) is 0 Å². The molecule has 0 bridgehead atoms. The number of hydrogen-bond acceptors (Lipinski definition) is 4. The van der Waals surface area contributed by atoms with Gasteiger partial charge in [0.25, 0.3) is 0 Å². The Hall–Kier alpha value is -0.160. The summed E-state index contributed by atoms with van der Waals surface area (Å²) in [6.07, 6.45) is 2.08. The van der Waals surface area contributed by atoms with E-state index in [2.05, 4.69) is 4.90 Å². The predicted octanol–water partition coefficient (Wildman–Crippen LogP) is -0.300. The van der Waals surface area contributed by atoms with Crippen LogP contribution in [0.1, 0.15) is 12.8 Å². The maximum atomic E-state index is 8.72. The fraction of sp³-hybridized carbons (Fsp3) is 1.00. The summed E-state index contributed by atoms with van der Waals surface area (Å²) in [7, 11) is 1.69. The standard InChI is InChI=1S/C9H21NO3/c1-13-9-3-2-4-10(5-7-11)6-8-12/h11-12H,2-9H2,1H3. The fourth-order valence-electron chi connectivity index (χ4n) is 1.20. The molecule has 80 valence electrons. The largest absolute Gasteiger partial charge is 0.395 e. The summed E-state index contributed by atoms with van der Waals surface area (Å²) in [6, 6.07) is 0. The molecule has 13 heavy (non-hydrogen) atoms. The zero-order chi connectivity index (χ0) is 9.94. The van der Waals surface area contributed by atoms with E-state index < -0.39 is 0 Å². The number of aliphatic hydroxyl groups is 2. The molecule has 0 saturated heterocycles. The van der Waals surface area contributed by atoms with Crippen molar-refractivity contribution in [2.24, 2.45) is 0 Å². The Balaban J connectivity index is 3.33. The van der Waals surface area contributed by atoms with E-state index in [1.807, 2.05) is 0 Å². The highest BCUT2D eigenvalue weighted by Crippen LogP contribution is 1.94. The van der Waals surface area contributed by atoms with Crippen LogP contribution in [0.25, 0.3) is 0 Å². The third-order valence-electron chi connectivity index (χ3n) is 1.91. The zero-order valence-electron chi connectivity index (χ0n) is 8.41. The normalized spacial score (nSPS) is 11.1. The van der Waals surface area contributed by atoms with Gasteiger partial charge >= 0.3 is 0 Å². The van der Waals surface area contributed by atoms with Crippen LogP contribution < -0.4 is 0 Å². The van der Waals surface area contributed by atoms with Gasteiger partial charge in [-0.2, -0.15) is 0 Å². The maximum Gasteiger partial charge on any atom is 0.0558 e. The van der Waals surface area contributed by atoms with Crippen LogP contribution >= 0.6 is 0 Å². The summed E-state index contributed by atoms with van der Waals surface area (Å²) in [6.45, 7) is 3.31. The second-order valence-electron chi connectivity index (χ2n) is 2.99. The van der Waals surface area contributed by atoms with Crippen LogP contribution in [-0.2, 0) is 4.74 Å². The lowest BCUT2D eigenvalue weighted by molar-refractivity contribution is 0.150. The average Bonchev–Trinajstić information content (AvgIpc) is 2.13. The van der Waals surface area contributed by atoms with Gasteiger partial charge in [-0.15, -0.1) is 0 Å². The molecule has 0 aromatic rings. The highest BCUT2D eigenvalue weighted by Gasteiger charge is 2.01. The van der Waals surface area contributed by atoms with E-state index >= 15 is 0 Å². The van der Waals surface area contributed by atoms with Crippen molar-refractivity contribution in [3.05, 3.63) is 0 Å². The van der Waals surface area contributed by atoms with E-state index in [4.69, 9.17) is 14.9 Å². The molecule has 0 aliphatic carbocycles. The molecule has 0 aliphatic heterocycles. The van der Waals surface area contributed by atoms with E-state index in [0.29, 0.717) is 13.1 Å². The highest BCUT2D eigenvalue weighted by molar-refractivity contribution is 4.56. The van der Waals surface area contributed by atoms with Crippen LogP contribution in [0.3, 0.4) is 0 Å². The molecular weight excluding hydrogens is 170 g/mol. The first-order chi connectivity index (χ1) is 6.35. The monoisotopic (exact) mass is 191 g/mol. The molecule has 0 spiro atoms. The summed E-state index contributed by atoms with van der Waals surface area (Å²) in [4.78, 5) is 2.05. The van der Waals surface area contributed by atoms with Gasteiger partial charge in [-0.05, 0) is 19.4 Å². The molecule has 0 aliphatic rings.